The molecule has 0 unspecified atom stereocenters. The minimum absolute atomic E-state index is 0.130. The minimum Gasteiger partial charge on any atom is -0.396 e. The molecule has 40 heavy (non-hydrogen) atoms. The summed E-state index contributed by atoms with van der Waals surface area (Å²) in [6.45, 7) is 19.3. The molecule has 242 valence electrons. The number of aliphatic hydroxyl groups excluding tert-OH is 2. The number of hydrogen-bond donors (Lipinski definition) is 2. The Balaban J connectivity index is 3.70. The molecule has 8 atom stereocenters. The first kappa shape index (κ1) is 39.9. The summed E-state index contributed by atoms with van der Waals surface area (Å²) < 4.78 is 0. The third-order valence-corrected chi connectivity index (χ3v) is 10.1. The first-order valence-corrected chi connectivity index (χ1v) is 18.3. The lowest BCUT2D eigenvalue weighted by atomic mass is 9.88. The van der Waals surface area contributed by atoms with Crippen LogP contribution in [0, 0.1) is 41.4 Å². The van der Waals surface area contributed by atoms with Crippen molar-refractivity contribution in [3.8, 4) is 0 Å². The topological polar surface area (TPSA) is 40.5 Å². The molecule has 0 aromatic rings. The van der Waals surface area contributed by atoms with E-state index in [-0.39, 0.29) is 6.10 Å². The molecule has 2 nitrogen and oxygen atoms in total. The van der Waals surface area contributed by atoms with Crippen molar-refractivity contribution in [3.63, 3.8) is 0 Å². The molecule has 0 saturated carbocycles. The maximum absolute atomic E-state index is 9.42. The maximum Gasteiger partial charge on any atom is 0.0512 e. The second-order valence-electron chi connectivity index (χ2n) is 15.3. The maximum atomic E-state index is 9.42. The fourth-order valence-electron chi connectivity index (χ4n) is 6.64. The predicted octanol–water partition coefficient (Wildman–Crippen LogP) is 12.0. The van der Waals surface area contributed by atoms with Gasteiger partial charge in [0.25, 0.3) is 0 Å². The summed E-state index contributed by atoms with van der Waals surface area (Å²) in [4.78, 5) is 0. The van der Waals surface area contributed by atoms with Crippen LogP contribution in [-0.2, 0) is 0 Å². The van der Waals surface area contributed by atoms with Crippen LogP contribution >= 0.6 is 0 Å². The highest BCUT2D eigenvalue weighted by molar-refractivity contribution is 4.65. The summed E-state index contributed by atoms with van der Waals surface area (Å²) in [6.07, 6.45) is 28.0. The lowest BCUT2D eigenvalue weighted by Crippen LogP contribution is -2.04. The molecule has 0 rings (SSSR count). The molecule has 0 aliphatic heterocycles. The van der Waals surface area contributed by atoms with Gasteiger partial charge in [-0.05, 0) is 61.2 Å². The van der Waals surface area contributed by atoms with E-state index < -0.39 is 0 Å². The average Bonchev–Trinajstić information content (AvgIpc) is 2.87. The van der Waals surface area contributed by atoms with Gasteiger partial charge in [-0.25, -0.2) is 0 Å². The van der Waals surface area contributed by atoms with Crippen LogP contribution in [0.1, 0.15) is 190 Å². The Labute approximate surface area is 254 Å². The lowest BCUT2D eigenvalue weighted by Gasteiger charge is -2.18. The summed E-state index contributed by atoms with van der Waals surface area (Å²) in [5.41, 5.74) is 0. The minimum atomic E-state index is -0.130. The van der Waals surface area contributed by atoms with Crippen molar-refractivity contribution >= 4 is 0 Å². The molecule has 0 aromatic carbocycles. The Bertz CT molecular complexity index is 518. The molecular weight excluding hydrogens is 488 g/mol. The van der Waals surface area contributed by atoms with Gasteiger partial charge in [-0.3, -0.25) is 0 Å². The van der Waals surface area contributed by atoms with E-state index in [1.165, 1.54) is 122 Å². The summed E-state index contributed by atoms with van der Waals surface area (Å²) in [5, 5.41) is 18.5. The van der Waals surface area contributed by atoms with Gasteiger partial charge in [0.1, 0.15) is 0 Å². The van der Waals surface area contributed by atoms with Gasteiger partial charge in [-0.1, -0.05) is 170 Å². The molecule has 0 heterocycles. The molecule has 2 N–H and O–H groups in total. The van der Waals surface area contributed by atoms with Gasteiger partial charge in [0, 0.05) is 6.61 Å². The smallest absolute Gasteiger partial charge is 0.0512 e. The van der Waals surface area contributed by atoms with Crippen molar-refractivity contribution in [1.82, 2.24) is 0 Å². The second-order valence-corrected chi connectivity index (χ2v) is 15.3. The van der Waals surface area contributed by atoms with Gasteiger partial charge in [-0.2, -0.15) is 0 Å². The third kappa shape index (κ3) is 26.8. The zero-order valence-electron chi connectivity index (χ0n) is 29.1. The van der Waals surface area contributed by atoms with E-state index in [2.05, 4.69) is 48.5 Å². The second kappa shape index (κ2) is 26.5. The highest BCUT2D eigenvalue weighted by Gasteiger charge is 2.11. The summed E-state index contributed by atoms with van der Waals surface area (Å²) in [7, 11) is 0. The Morgan fingerprint density at radius 2 is 0.500 bits per heavy atom. The van der Waals surface area contributed by atoms with Gasteiger partial charge in [0.15, 0.2) is 0 Å². The van der Waals surface area contributed by atoms with Gasteiger partial charge < -0.3 is 10.2 Å². The molecule has 0 bridgehead atoms. The van der Waals surface area contributed by atoms with E-state index in [0.29, 0.717) is 12.5 Å². The number of hydrogen-bond acceptors (Lipinski definition) is 2. The van der Waals surface area contributed by atoms with Crippen LogP contribution in [0.2, 0.25) is 0 Å². The Hall–Kier alpha value is -0.0800. The monoisotopic (exact) mass is 567 g/mol. The van der Waals surface area contributed by atoms with Crippen molar-refractivity contribution in [2.45, 2.75) is 196 Å². The van der Waals surface area contributed by atoms with Gasteiger partial charge in [0.05, 0.1) is 6.10 Å². The third-order valence-electron chi connectivity index (χ3n) is 10.1. The number of rotatable bonds is 29. The Morgan fingerprint density at radius 1 is 0.300 bits per heavy atom. The first-order chi connectivity index (χ1) is 19.0. The molecule has 2 heteroatoms. The average molecular weight is 567 g/mol. The van der Waals surface area contributed by atoms with Crippen molar-refractivity contribution < 1.29 is 10.2 Å². The molecule has 0 fully saturated rings. The molecule has 0 saturated heterocycles. The van der Waals surface area contributed by atoms with Crippen LogP contribution in [0.3, 0.4) is 0 Å². The SMILES string of the molecule is C[C@H](CCC[C@H](C)CCC[C@H](C)CCO)CCC[C@@H](C)CC[C@@H](C)CCC[C@@H](C)CCC[C@@H](C)CCC[C@H](C)O. The van der Waals surface area contributed by atoms with Crippen LogP contribution in [0.5, 0.6) is 0 Å². The van der Waals surface area contributed by atoms with E-state index in [9.17, 15) is 5.11 Å². The van der Waals surface area contributed by atoms with Crippen LogP contribution in [-0.4, -0.2) is 22.9 Å². The highest BCUT2D eigenvalue weighted by atomic mass is 16.3. The molecule has 0 radical (unpaired) electrons. The van der Waals surface area contributed by atoms with E-state index in [1.807, 2.05) is 6.92 Å². The van der Waals surface area contributed by atoms with Crippen LogP contribution in [0.25, 0.3) is 0 Å². The van der Waals surface area contributed by atoms with Crippen molar-refractivity contribution in [3.05, 3.63) is 0 Å². The highest BCUT2D eigenvalue weighted by Crippen LogP contribution is 2.26. The summed E-state index contributed by atoms with van der Waals surface area (Å²) in [5.74, 6) is 5.93. The van der Waals surface area contributed by atoms with E-state index >= 15 is 0 Å². The van der Waals surface area contributed by atoms with E-state index in [0.717, 1.165) is 48.3 Å². The standard InChI is InChI=1S/C38H78O2/c1-31(15-9-16-33(3)21-13-24-37(7)29-30-39)19-11-22-35(5)27-28-36(6)23-12-20-32(2)17-10-18-34(4)25-14-26-38(8)40/h31-40H,9-30H2,1-8H3/t31-,32+,33+,34-,35-,36+,37+,38+/m1/s1. The molecule has 0 aliphatic rings. The molecular formula is C38H78O2. The first-order valence-electron chi connectivity index (χ1n) is 18.3. The quantitative estimate of drug-likeness (QED) is 0.0945. The van der Waals surface area contributed by atoms with Crippen LogP contribution in [0.15, 0.2) is 0 Å². The van der Waals surface area contributed by atoms with Gasteiger partial charge in [-0.15, -0.1) is 0 Å². The summed E-state index contributed by atoms with van der Waals surface area (Å²) >= 11 is 0. The molecule has 0 amide bonds. The van der Waals surface area contributed by atoms with Crippen LogP contribution in [0.4, 0.5) is 0 Å². The zero-order valence-corrected chi connectivity index (χ0v) is 29.1. The zero-order chi connectivity index (χ0) is 30.2. The Kier molecular flexibility index (Phi) is 26.5. The van der Waals surface area contributed by atoms with Crippen LogP contribution < -0.4 is 0 Å². The summed E-state index contributed by atoms with van der Waals surface area (Å²) in [6, 6.07) is 0. The van der Waals surface area contributed by atoms with Gasteiger partial charge in [0.2, 0.25) is 0 Å². The fraction of sp³-hybridized carbons (Fsp3) is 1.00. The lowest BCUT2D eigenvalue weighted by molar-refractivity contribution is 0.178. The van der Waals surface area contributed by atoms with Crippen molar-refractivity contribution in [1.29, 1.82) is 0 Å². The van der Waals surface area contributed by atoms with Crippen molar-refractivity contribution in [2.75, 3.05) is 6.61 Å². The molecule has 0 aliphatic carbocycles. The largest absolute Gasteiger partial charge is 0.396 e. The normalized spacial score (nSPS) is 18.1. The Morgan fingerprint density at radius 3 is 0.725 bits per heavy atom. The fourth-order valence-corrected chi connectivity index (χ4v) is 6.64. The predicted molar refractivity (Wildman–Crippen MR) is 180 cm³/mol. The van der Waals surface area contributed by atoms with E-state index in [1.54, 1.807) is 0 Å². The molecule has 0 spiro atoms. The number of aliphatic hydroxyl groups is 2. The molecule has 0 aromatic heterocycles. The van der Waals surface area contributed by atoms with Gasteiger partial charge >= 0.3 is 0 Å². The van der Waals surface area contributed by atoms with E-state index in [4.69, 9.17) is 5.11 Å². The van der Waals surface area contributed by atoms with Crippen molar-refractivity contribution in [2.24, 2.45) is 41.4 Å².